The van der Waals surface area contributed by atoms with Gasteiger partial charge in [0, 0.05) is 45.7 Å². The van der Waals surface area contributed by atoms with Gasteiger partial charge >= 0.3 is 0 Å². The summed E-state index contributed by atoms with van der Waals surface area (Å²) in [5.41, 5.74) is 1.21. The van der Waals surface area contributed by atoms with Crippen LogP contribution in [-0.2, 0) is 16.1 Å². The van der Waals surface area contributed by atoms with Crippen molar-refractivity contribution in [1.82, 2.24) is 20.0 Å². The van der Waals surface area contributed by atoms with Crippen molar-refractivity contribution in [2.24, 2.45) is 10.9 Å². The number of carbonyl (C=O) groups is 1. The summed E-state index contributed by atoms with van der Waals surface area (Å²) in [6, 6.07) is 10.9. The number of amides is 1. The molecule has 0 radical (unpaired) electrons. The molecule has 0 aliphatic carbocycles. The minimum atomic E-state index is 0.0253. The first-order valence-corrected chi connectivity index (χ1v) is 11.7. The van der Waals surface area contributed by atoms with E-state index in [1.807, 2.05) is 18.2 Å². The molecule has 2 heterocycles. The summed E-state index contributed by atoms with van der Waals surface area (Å²) in [6.07, 6.45) is 3.57. The second-order valence-electron chi connectivity index (χ2n) is 8.83. The van der Waals surface area contributed by atoms with Crippen LogP contribution in [0.25, 0.3) is 0 Å². The molecule has 1 aromatic carbocycles. The number of guanidine groups is 1. The molecule has 2 unspecified atom stereocenters. The number of benzene rings is 1. The number of carbonyl (C=O) groups excluding carboxylic acids is 1. The maximum atomic E-state index is 12.1. The van der Waals surface area contributed by atoms with Gasteiger partial charge in [0.05, 0.1) is 13.2 Å². The summed E-state index contributed by atoms with van der Waals surface area (Å²) in [4.78, 5) is 23.2. The van der Waals surface area contributed by atoms with E-state index in [4.69, 9.17) is 4.74 Å². The van der Waals surface area contributed by atoms with Crippen LogP contribution >= 0.6 is 0 Å². The van der Waals surface area contributed by atoms with E-state index in [9.17, 15) is 4.79 Å². The Morgan fingerprint density at radius 1 is 1.23 bits per heavy atom. The van der Waals surface area contributed by atoms with Crippen LogP contribution in [-0.4, -0.2) is 92.6 Å². The molecule has 3 rings (SSSR count). The minimum Gasteiger partial charge on any atom is -0.376 e. The highest BCUT2D eigenvalue weighted by atomic mass is 16.5. The van der Waals surface area contributed by atoms with Crippen LogP contribution in [0.3, 0.4) is 0 Å². The molecule has 1 aromatic rings. The van der Waals surface area contributed by atoms with Crippen molar-refractivity contribution in [1.29, 1.82) is 0 Å². The molecule has 0 aromatic heterocycles. The van der Waals surface area contributed by atoms with Crippen molar-refractivity contribution >= 4 is 11.9 Å². The Morgan fingerprint density at radius 2 is 2.03 bits per heavy atom. The third-order valence-corrected chi connectivity index (χ3v) is 6.31. The van der Waals surface area contributed by atoms with Gasteiger partial charge < -0.3 is 19.9 Å². The van der Waals surface area contributed by atoms with Gasteiger partial charge in [-0.1, -0.05) is 37.3 Å². The van der Waals surface area contributed by atoms with Gasteiger partial charge in [0.25, 0.3) is 0 Å². The van der Waals surface area contributed by atoms with Gasteiger partial charge in [-0.25, -0.2) is 4.99 Å². The number of likely N-dealkylation sites (N-methyl/N-ethyl adjacent to an activating group) is 2. The lowest BCUT2D eigenvalue weighted by atomic mass is 10.1. The van der Waals surface area contributed by atoms with E-state index in [1.165, 1.54) is 24.9 Å². The second-order valence-corrected chi connectivity index (χ2v) is 8.83. The predicted octanol–water partition coefficient (Wildman–Crippen LogP) is 2.04. The number of hydrogen-bond acceptors (Lipinski definition) is 4. The van der Waals surface area contributed by atoms with E-state index in [-0.39, 0.29) is 12.5 Å². The Labute approximate surface area is 187 Å². The smallest absolute Gasteiger partial charge is 0.243 e. The molecule has 1 amide bonds. The average Bonchev–Trinajstić information content (AvgIpc) is 3.43. The highest BCUT2D eigenvalue weighted by Gasteiger charge is 2.27. The number of hydrogen-bond donors (Lipinski definition) is 1. The molecule has 2 aliphatic rings. The Balaban J connectivity index is 1.52. The van der Waals surface area contributed by atoms with Crippen LogP contribution in [0.15, 0.2) is 35.3 Å². The molecular formula is C24H39N5O2. The monoisotopic (exact) mass is 429 g/mol. The van der Waals surface area contributed by atoms with Gasteiger partial charge in [-0.2, -0.15) is 0 Å². The predicted molar refractivity (Wildman–Crippen MR) is 125 cm³/mol. The van der Waals surface area contributed by atoms with E-state index in [0.29, 0.717) is 18.6 Å². The highest BCUT2D eigenvalue weighted by molar-refractivity contribution is 5.85. The summed E-state index contributed by atoms with van der Waals surface area (Å²) in [5, 5.41) is 3.59. The summed E-state index contributed by atoms with van der Waals surface area (Å²) < 4.78 is 5.98. The van der Waals surface area contributed by atoms with Gasteiger partial charge in [-0.15, -0.1) is 0 Å². The maximum Gasteiger partial charge on any atom is 0.243 e. The zero-order valence-electron chi connectivity index (χ0n) is 19.4. The molecule has 2 fully saturated rings. The van der Waals surface area contributed by atoms with Crippen molar-refractivity contribution in [2.45, 2.75) is 38.8 Å². The van der Waals surface area contributed by atoms with Crippen LogP contribution in [0.2, 0.25) is 0 Å². The van der Waals surface area contributed by atoms with Crippen molar-refractivity contribution in [3.05, 3.63) is 35.9 Å². The third kappa shape index (κ3) is 7.21. The summed E-state index contributed by atoms with van der Waals surface area (Å²) >= 11 is 0. The number of ether oxygens (including phenoxy) is 1. The van der Waals surface area contributed by atoms with Gasteiger partial charge in [0.1, 0.15) is 6.54 Å². The molecule has 7 nitrogen and oxygen atoms in total. The molecular weight excluding hydrogens is 390 g/mol. The quantitative estimate of drug-likeness (QED) is 0.481. The third-order valence-electron chi connectivity index (χ3n) is 6.31. The van der Waals surface area contributed by atoms with Crippen LogP contribution in [0, 0.1) is 5.92 Å². The van der Waals surface area contributed by atoms with Crippen molar-refractivity contribution < 1.29 is 9.53 Å². The van der Waals surface area contributed by atoms with E-state index < -0.39 is 0 Å². The van der Waals surface area contributed by atoms with Crippen LogP contribution in [0.1, 0.15) is 31.7 Å². The minimum absolute atomic E-state index is 0.0253. The van der Waals surface area contributed by atoms with E-state index in [2.05, 4.69) is 39.2 Å². The van der Waals surface area contributed by atoms with Crippen LogP contribution < -0.4 is 5.32 Å². The molecule has 172 valence electrons. The Morgan fingerprint density at radius 3 is 2.77 bits per heavy atom. The Bertz CT molecular complexity index is 709. The average molecular weight is 430 g/mol. The lowest BCUT2D eigenvalue weighted by Crippen LogP contribution is -2.46. The first-order chi connectivity index (χ1) is 15.1. The fourth-order valence-electron chi connectivity index (χ4n) is 4.38. The zero-order chi connectivity index (χ0) is 22.1. The topological polar surface area (TPSA) is 60.4 Å². The molecule has 2 aliphatic heterocycles. The van der Waals surface area contributed by atoms with Gasteiger partial charge in [-0.3, -0.25) is 9.69 Å². The van der Waals surface area contributed by atoms with Crippen molar-refractivity contribution in [3.8, 4) is 0 Å². The molecule has 31 heavy (non-hydrogen) atoms. The Kier molecular flexibility index (Phi) is 9.15. The van der Waals surface area contributed by atoms with Crippen LogP contribution in [0.4, 0.5) is 0 Å². The number of likely N-dealkylation sites (tertiary alicyclic amines) is 2. The summed E-state index contributed by atoms with van der Waals surface area (Å²) in [7, 11) is 3.55. The number of nitrogens with zero attached hydrogens (tertiary/aromatic N) is 4. The van der Waals surface area contributed by atoms with Crippen molar-refractivity contribution in [2.75, 3.05) is 60.0 Å². The van der Waals surface area contributed by atoms with Gasteiger partial charge in [-0.05, 0) is 37.9 Å². The lowest BCUT2D eigenvalue weighted by molar-refractivity contribution is -0.127. The van der Waals surface area contributed by atoms with Crippen LogP contribution in [0.5, 0.6) is 0 Å². The van der Waals surface area contributed by atoms with Gasteiger partial charge in [0.15, 0.2) is 5.96 Å². The summed E-state index contributed by atoms with van der Waals surface area (Å²) in [6.45, 7) is 8.83. The molecule has 0 saturated carbocycles. The standard InChI is InChI=1S/C24H39N5O2/c1-4-28-13-8-11-22(28)15-25-24(26-16-23(30)27(2)3)29-14-12-21(17-29)19-31-18-20-9-6-5-7-10-20/h5-7,9-10,21-22H,4,8,11-19H2,1-3H3,(H,25,26). The fourth-order valence-corrected chi connectivity index (χ4v) is 4.38. The first kappa shape index (κ1) is 23.5. The van der Waals surface area contributed by atoms with E-state index in [1.54, 1.807) is 19.0 Å². The molecule has 2 atom stereocenters. The fraction of sp³-hybridized carbons (Fsp3) is 0.667. The molecule has 2 saturated heterocycles. The first-order valence-electron chi connectivity index (χ1n) is 11.7. The Hall–Kier alpha value is -2.12. The van der Waals surface area contributed by atoms with E-state index in [0.717, 1.165) is 45.2 Å². The second kappa shape index (κ2) is 12.1. The van der Waals surface area contributed by atoms with E-state index >= 15 is 0 Å². The maximum absolute atomic E-state index is 12.1. The SMILES string of the molecule is CCN1CCCC1CNC(=NCC(=O)N(C)C)N1CCC(COCc2ccccc2)C1. The van der Waals surface area contributed by atoms with Gasteiger partial charge in [0.2, 0.25) is 5.91 Å². The summed E-state index contributed by atoms with van der Waals surface area (Å²) in [5.74, 6) is 1.37. The molecule has 0 bridgehead atoms. The van der Waals surface area contributed by atoms with Crippen molar-refractivity contribution in [3.63, 3.8) is 0 Å². The largest absolute Gasteiger partial charge is 0.376 e. The zero-order valence-corrected chi connectivity index (χ0v) is 19.4. The molecule has 7 heteroatoms. The molecule has 0 spiro atoms. The normalized spacial score (nSPS) is 22.2. The number of aliphatic imine (C=N–C) groups is 1. The highest BCUT2D eigenvalue weighted by Crippen LogP contribution is 2.19. The lowest BCUT2D eigenvalue weighted by Gasteiger charge is -2.27. The number of nitrogens with one attached hydrogen (secondary N) is 1. The number of rotatable bonds is 9. The molecule has 1 N–H and O–H groups in total.